The molecular weight excluding hydrogens is 290 g/mol. The number of carbonyl (C=O) groups excluding carboxylic acids is 2. The van der Waals surface area contributed by atoms with Crippen LogP contribution in [-0.4, -0.2) is 27.8 Å². The van der Waals surface area contributed by atoms with Gasteiger partial charge in [0.2, 0.25) is 5.91 Å². The lowest BCUT2D eigenvalue weighted by Crippen LogP contribution is -2.31. The van der Waals surface area contributed by atoms with Crippen molar-refractivity contribution in [3.8, 4) is 0 Å². The van der Waals surface area contributed by atoms with Crippen LogP contribution < -0.4 is 5.32 Å². The fourth-order valence-electron chi connectivity index (χ4n) is 1.10. The number of carbonyl (C=O) groups is 2. The molecule has 0 fully saturated rings. The van der Waals surface area contributed by atoms with Crippen molar-refractivity contribution in [3.05, 3.63) is 27.4 Å². The Morgan fingerprint density at radius 2 is 2.28 bits per heavy atom. The first-order valence-electron chi connectivity index (χ1n) is 4.96. The molecule has 2 amide bonds. The van der Waals surface area contributed by atoms with Gasteiger partial charge in [-0.05, 0) is 18.4 Å². The third kappa shape index (κ3) is 3.62. The normalized spacial score (nSPS) is 10.3. The van der Waals surface area contributed by atoms with Gasteiger partial charge in [-0.3, -0.25) is 14.9 Å². The fraction of sp³-hybridized carbons (Fsp3) is 0.200. The van der Waals surface area contributed by atoms with Crippen LogP contribution in [0.2, 0.25) is 0 Å². The summed E-state index contributed by atoms with van der Waals surface area (Å²) in [6.07, 6.45) is 0. The molecule has 2 aromatic heterocycles. The highest BCUT2D eigenvalue weighted by Crippen LogP contribution is 2.21. The van der Waals surface area contributed by atoms with Crippen LogP contribution in [0.1, 0.15) is 14.7 Å². The highest BCUT2D eigenvalue weighted by molar-refractivity contribution is 8.01. The van der Waals surface area contributed by atoms with Crippen molar-refractivity contribution < 1.29 is 9.59 Å². The van der Waals surface area contributed by atoms with E-state index < -0.39 is 0 Å². The zero-order valence-corrected chi connectivity index (χ0v) is 11.8. The molecule has 2 aromatic rings. The number of aromatic nitrogens is 2. The number of rotatable bonds is 4. The SMILES string of the molecule is Cc1nnc(SCC(=O)NC(=O)c2cccs2)s1. The van der Waals surface area contributed by atoms with E-state index in [1.165, 1.54) is 34.4 Å². The van der Waals surface area contributed by atoms with Gasteiger partial charge in [0.1, 0.15) is 5.01 Å². The zero-order chi connectivity index (χ0) is 13.0. The van der Waals surface area contributed by atoms with Gasteiger partial charge in [0.25, 0.3) is 5.91 Å². The van der Waals surface area contributed by atoms with Gasteiger partial charge >= 0.3 is 0 Å². The van der Waals surface area contributed by atoms with E-state index in [9.17, 15) is 9.59 Å². The number of nitrogens with zero attached hydrogens (tertiary/aromatic N) is 2. The van der Waals surface area contributed by atoms with E-state index in [0.717, 1.165) is 9.35 Å². The predicted molar refractivity (Wildman–Crippen MR) is 72.2 cm³/mol. The molecule has 0 aromatic carbocycles. The lowest BCUT2D eigenvalue weighted by Gasteiger charge is -2.00. The van der Waals surface area contributed by atoms with Crippen LogP contribution >= 0.6 is 34.4 Å². The largest absolute Gasteiger partial charge is 0.291 e. The molecule has 1 N–H and O–H groups in total. The van der Waals surface area contributed by atoms with Gasteiger partial charge in [-0.25, -0.2) is 0 Å². The maximum absolute atomic E-state index is 11.6. The van der Waals surface area contributed by atoms with Gasteiger partial charge in [-0.15, -0.1) is 21.5 Å². The summed E-state index contributed by atoms with van der Waals surface area (Å²) in [6, 6.07) is 3.44. The minimum absolute atomic E-state index is 0.158. The first-order valence-corrected chi connectivity index (χ1v) is 7.64. The van der Waals surface area contributed by atoms with Crippen LogP contribution in [0.15, 0.2) is 21.9 Å². The Morgan fingerprint density at radius 1 is 1.44 bits per heavy atom. The third-order valence-corrected chi connectivity index (χ3v) is 4.67. The average molecular weight is 299 g/mol. The highest BCUT2D eigenvalue weighted by Gasteiger charge is 2.12. The lowest BCUT2D eigenvalue weighted by atomic mass is 10.4. The Kier molecular flexibility index (Phi) is 4.45. The van der Waals surface area contributed by atoms with Crippen LogP contribution in [-0.2, 0) is 4.79 Å². The summed E-state index contributed by atoms with van der Waals surface area (Å²) in [6.45, 7) is 1.85. The minimum atomic E-state index is -0.357. The maximum Gasteiger partial charge on any atom is 0.267 e. The van der Waals surface area contributed by atoms with E-state index in [1.807, 2.05) is 6.92 Å². The summed E-state index contributed by atoms with van der Waals surface area (Å²) < 4.78 is 0.728. The molecule has 0 saturated heterocycles. The van der Waals surface area contributed by atoms with Gasteiger partial charge in [-0.2, -0.15) is 0 Å². The molecule has 0 aliphatic rings. The molecule has 0 aliphatic carbocycles. The Bertz CT molecular complexity index is 550. The molecule has 2 rings (SSSR count). The topological polar surface area (TPSA) is 72.0 Å². The van der Waals surface area contributed by atoms with Crippen molar-refractivity contribution in [2.45, 2.75) is 11.3 Å². The van der Waals surface area contributed by atoms with Crippen molar-refractivity contribution in [2.24, 2.45) is 0 Å². The van der Waals surface area contributed by atoms with Crippen molar-refractivity contribution in [3.63, 3.8) is 0 Å². The summed E-state index contributed by atoms with van der Waals surface area (Å²) in [5.41, 5.74) is 0. The number of aryl methyl sites for hydroxylation is 1. The summed E-state index contributed by atoms with van der Waals surface area (Å²) in [4.78, 5) is 23.6. The van der Waals surface area contributed by atoms with Gasteiger partial charge in [0.15, 0.2) is 4.34 Å². The molecule has 2 heterocycles. The monoisotopic (exact) mass is 299 g/mol. The quantitative estimate of drug-likeness (QED) is 0.874. The zero-order valence-electron chi connectivity index (χ0n) is 9.37. The van der Waals surface area contributed by atoms with E-state index >= 15 is 0 Å². The maximum atomic E-state index is 11.6. The lowest BCUT2D eigenvalue weighted by molar-refractivity contribution is -0.117. The molecule has 0 bridgehead atoms. The second-order valence-electron chi connectivity index (χ2n) is 3.23. The van der Waals surface area contributed by atoms with Crippen LogP contribution in [0.25, 0.3) is 0 Å². The summed E-state index contributed by atoms with van der Waals surface area (Å²) in [5, 5.41) is 12.7. The number of hydrogen-bond acceptors (Lipinski definition) is 7. The summed E-state index contributed by atoms with van der Waals surface area (Å²) in [5.74, 6) is -0.526. The Labute approximate surface area is 116 Å². The molecule has 0 atom stereocenters. The van der Waals surface area contributed by atoms with E-state index in [0.29, 0.717) is 4.88 Å². The molecule has 8 heteroatoms. The smallest absolute Gasteiger partial charge is 0.267 e. The van der Waals surface area contributed by atoms with Crippen LogP contribution in [0.4, 0.5) is 0 Å². The molecule has 0 unspecified atom stereocenters. The predicted octanol–water partition coefficient (Wildman–Crippen LogP) is 1.96. The molecular formula is C10H9N3O2S3. The van der Waals surface area contributed by atoms with E-state index in [-0.39, 0.29) is 17.6 Å². The van der Waals surface area contributed by atoms with Crippen LogP contribution in [0.3, 0.4) is 0 Å². The Balaban J connectivity index is 1.80. The molecule has 5 nitrogen and oxygen atoms in total. The van der Waals surface area contributed by atoms with Crippen LogP contribution in [0, 0.1) is 6.92 Å². The summed E-state index contributed by atoms with van der Waals surface area (Å²) in [7, 11) is 0. The van der Waals surface area contributed by atoms with Crippen molar-refractivity contribution in [1.82, 2.24) is 15.5 Å². The molecule has 0 saturated carbocycles. The van der Waals surface area contributed by atoms with Gasteiger partial charge in [-0.1, -0.05) is 29.2 Å². The van der Waals surface area contributed by atoms with Gasteiger partial charge in [0.05, 0.1) is 10.6 Å². The molecule has 0 radical (unpaired) electrons. The number of hydrogen-bond donors (Lipinski definition) is 1. The summed E-state index contributed by atoms with van der Waals surface area (Å²) >= 11 is 4.00. The van der Waals surface area contributed by atoms with Gasteiger partial charge in [0, 0.05) is 0 Å². The van der Waals surface area contributed by atoms with E-state index in [2.05, 4.69) is 15.5 Å². The molecule has 18 heavy (non-hydrogen) atoms. The molecule has 94 valence electrons. The number of imide groups is 1. The fourth-order valence-corrected chi connectivity index (χ4v) is 3.33. The third-order valence-electron chi connectivity index (χ3n) is 1.83. The standard InChI is InChI=1S/C10H9N3O2S3/c1-6-12-13-10(18-6)17-5-8(14)11-9(15)7-3-2-4-16-7/h2-4H,5H2,1H3,(H,11,14,15). The van der Waals surface area contributed by atoms with E-state index in [4.69, 9.17) is 0 Å². The Hall–Kier alpha value is -1.25. The second-order valence-corrected chi connectivity index (χ2v) is 6.58. The number of thiophene rings is 1. The van der Waals surface area contributed by atoms with Crippen molar-refractivity contribution in [1.29, 1.82) is 0 Å². The van der Waals surface area contributed by atoms with Crippen molar-refractivity contribution >= 4 is 46.2 Å². The van der Waals surface area contributed by atoms with Gasteiger partial charge < -0.3 is 0 Å². The first-order chi connectivity index (χ1) is 8.65. The van der Waals surface area contributed by atoms with Crippen LogP contribution in [0.5, 0.6) is 0 Å². The number of amides is 2. The Morgan fingerprint density at radius 3 is 2.89 bits per heavy atom. The average Bonchev–Trinajstić information content (AvgIpc) is 2.97. The number of thioether (sulfide) groups is 1. The minimum Gasteiger partial charge on any atom is -0.291 e. The molecule has 0 spiro atoms. The first kappa shape index (κ1) is 13.2. The second kappa shape index (κ2) is 6.07. The number of nitrogens with one attached hydrogen (secondary N) is 1. The van der Waals surface area contributed by atoms with E-state index in [1.54, 1.807) is 17.5 Å². The highest BCUT2D eigenvalue weighted by atomic mass is 32.2. The molecule has 0 aliphatic heterocycles. The van der Waals surface area contributed by atoms with Crippen molar-refractivity contribution in [2.75, 3.05) is 5.75 Å².